The van der Waals surface area contributed by atoms with Crippen molar-refractivity contribution in [1.82, 2.24) is 19.6 Å². The van der Waals surface area contributed by atoms with Crippen LogP contribution < -0.4 is 15.3 Å². The SMILES string of the molecule is CCOCc1nc2c(N)nc3ccccc3c2n1[C@@](C)(O)CO[P@@](=O)(N[C@@H](C)C(=O)OC(C)(C)C)Oc1ccc2ccccc2c1. The van der Waals surface area contributed by atoms with Gasteiger partial charge in [0.25, 0.3) is 0 Å². The number of imidazole rings is 1. The van der Waals surface area contributed by atoms with E-state index in [1.807, 2.05) is 61.5 Å². The molecule has 5 aromatic rings. The lowest BCUT2D eigenvalue weighted by atomic mass is 10.1. The molecule has 0 aliphatic heterocycles. The molecule has 0 amide bonds. The van der Waals surface area contributed by atoms with Crippen LogP contribution in [0.1, 0.15) is 47.4 Å². The minimum Gasteiger partial charge on any atom is -0.459 e. The van der Waals surface area contributed by atoms with Gasteiger partial charge in [-0.25, -0.2) is 14.5 Å². The highest BCUT2D eigenvalue weighted by atomic mass is 31.2. The molecule has 0 spiro atoms. The van der Waals surface area contributed by atoms with E-state index >= 15 is 0 Å². The van der Waals surface area contributed by atoms with Gasteiger partial charge in [-0.1, -0.05) is 48.5 Å². The zero-order valence-corrected chi connectivity index (χ0v) is 27.7. The standard InChI is InChI=1S/C33H40N5O7P/c1-7-42-19-27-36-28-29(25-14-10-11-15-26(25)35-30(28)34)38(27)33(6,40)20-43-46(41,37-21(2)31(39)44-32(3,4)5)45-24-17-16-22-12-8-9-13-23(22)18-24/h8-18,21,40H,7,19-20H2,1-6H3,(H2,34,35)(H,37,41)/t21-,33-,46-/m0/s1. The summed E-state index contributed by atoms with van der Waals surface area (Å²) in [5, 5.41) is 17.3. The maximum atomic E-state index is 14.4. The lowest BCUT2D eigenvalue weighted by molar-refractivity contribution is -0.156. The molecule has 4 N–H and O–H groups in total. The van der Waals surface area contributed by atoms with E-state index in [4.69, 9.17) is 24.3 Å². The number of carbonyl (C=O) groups is 1. The van der Waals surface area contributed by atoms with E-state index in [9.17, 15) is 14.5 Å². The predicted molar refractivity (Wildman–Crippen MR) is 177 cm³/mol. The Morgan fingerprint density at radius 1 is 1.04 bits per heavy atom. The van der Waals surface area contributed by atoms with Crippen molar-refractivity contribution in [1.29, 1.82) is 0 Å². The van der Waals surface area contributed by atoms with Crippen LogP contribution in [0, 0.1) is 0 Å². The zero-order chi connectivity index (χ0) is 33.3. The maximum Gasteiger partial charge on any atom is 0.459 e. The van der Waals surface area contributed by atoms with Crippen molar-refractivity contribution in [3.8, 4) is 5.75 Å². The molecule has 13 heteroatoms. The second-order valence-electron chi connectivity index (χ2n) is 12.2. The molecule has 12 nitrogen and oxygen atoms in total. The third-order valence-electron chi connectivity index (χ3n) is 7.07. The topological polar surface area (TPSA) is 160 Å². The largest absolute Gasteiger partial charge is 0.459 e. The number of nitrogens with zero attached hydrogens (tertiary/aromatic N) is 3. The quantitative estimate of drug-likeness (QED) is 0.107. The molecule has 0 aliphatic rings. The van der Waals surface area contributed by atoms with E-state index in [1.165, 1.54) is 13.8 Å². The first-order valence-electron chi connectivity index (χ1n) is 15.0. The normalized spacial score (nSPS) is 15.5. The van der Waals surface area contributed by atoms with Crippen molar-refractivity contribution in [2.24, 2.45) is 0 Å². The number of para-hydroxylation sites is 1. The van der Waals surface area contributed by atoms with Gasteiger partial charge in [-0.3, -0.25) is 13.9 Å². The number of hydrogen-bond acceptors (Lipinski definition) is 10. The van der Waals surface area contributed by atoms with Crippen molar-refractivity contribution >= 4 is 52.2 Å². The number of fused-ring (bicyclic) bond motifs is 4. The Kier molecular flexibility index (Phi) is 9.40. The van der Waals surface area contributed by atoms with Crippen LogP contribution >= 0.6 is 7.75 Å². The van der Waals surface area contributed by atoms with Gasteiger partial charge in [0.2, 0.25) is 0 Å². The lowest BCUT2D eigenvalue weighted by Gasteiger charge is -2.31. The van der Waals surface area contributed by atoms with E-state index in [2.05, 4.69) is 15.1 Å². The number of hydrogen-bond donors (Lipinski definition) is 3. The third-order valence-corrected chi connectivity index (χ3v) is 8.70. The summed E-state index contributed by atoms with van der Waals surface area (Å²) < 4.78 is 39.1. The highest BCUT2D eigenvalue weighted by Gasteiger charge is 2.38. The van der Waals surface area contributed by atoms with Gasteiger partial charge in [-0.15, -0.1) is 0 Å². The Morgan fingerprint density at radius 2 is 1.74 bits per heavy atom. The summed E-state index contributed by atoms with van der Waals surface area (Å²) >= 11 is 0. The molecule has 0 saturated carbocycles. The maximum absolute atomic E-state index is 14.4. The number of aliphatic hydroxyl groups is 1. The molecule has 0 radical (unpaired) electrons. The lowest BCUT2D eigenvalue weighted by Crippen LogP contribution is -2.41. The summed E-state index contributed by atoms with van der Waals surface area (Å²) in [6.07, 6.45) is 0. The fourth-order valence-corrected chi connectivity index (χ4v) is 6.63. The first-order valence-corrected chi connectivity index (χ1v) is 16.5. The molecule has 3 aromatic carbocycles. The van der Waals surface area contributed by atoms with Gasteiger partial charge >= 0.3 is 13.7 Å². The van der Waals surface area contributed by atoms with E-state index < -0.39 is 37.7 Å². The molecule has 46 heavy (non-hydrogen) atoms. The fraction of sp³-hybridized carbons (Fsp3) is 0.364. The van der Waals surface area contributed by atoms with Gasteiger partial charge < -0.3 is 24.8 Å². The average Bonchev–Trinajstić information content (AvgIpc) is 3.40. The van der Waals surface area contributed by atoms with Gasteiger partial charge in [0.15, 0.2) is 11.5 Å². The van der Waals surface area contributed by atoms with E-state index in [0.29, 0.717) is 34.4 Å². The minimum absolute atomic E-state index is 0.0499. The van der Waals surface area contributed by atoms with Crippen molar-refractivity contribution in [3.63, 3.8) is 0 Å². The number of rotatable bonds is 12. The van der Waals surface area contributed by atoms with Crippen molar-refractivity contribution in [3.05, 3.63) is 72.6 Å². The Hall–Kier alpha value is -4.06. The molecule has 2 heterocycles. The monoisotopic (exact) mass is 649 g/mol. The first kappa shape index (κ1) is 33.3. The number of nitrogens with two attached hydrogens (primary N) is 1. The van der Waals surface area contributed by atoms with Crippen LogP contribution in [0.25, 0.3) is 32.7 Å². The van der Waals surface area contributed by atoms with Crippen LogP contribution in [0.5, 0.6) is 5.75 Å². The van der Waals surface area contributed by atoms with Crippen molar-refractivity contribution in [2.45, 2.75) is 65.5 Å². The highest BCUT2D eigenvalue weighted by Crippen LogP contribution is 2.47. The van der Waals surface area contributed by atoms with E-state index in [-0.39, 0.29) is 18.2 Å². The minimum atomic E-state index is -4.36. The van der Waals surface area contributed by atoms with Gasteiger partial charge in [0.05, 0.1) is 11.0 Å². The predicted octanol–water partition coefficient (Wildman–Crippen LogP) is 6.04. The first-order chi connectivity index (χ1) is 21.7. The van der Waals surface area contributed by atoms with Crippen LogP contribution in [0.2, 0.25) is 0 Å². The second-order valence-corrected chi connectivity index (χ2v) is 13.9. The van der Waals surface area contributed by atoms with Crippen molar-refractivity contribution in [2.75, 3.05) is 18.9 Å². The van der Waals surface area contributed by atoms with Crippen LogP contribution in [0.3, 0.4) is 0 Å². The molecular weight excluding hydrogens is 609 g/mol. The summed E-state index contributed by atoms with van der Waals surface area (Å²) in [5.74, 6) is 0.121. The number of nitrogen functional groups attached to an aromatic ring is 1. The van der Waals surface area contributed by atoms with Crippen LogP contribution in [-0.4, -0.2) is 50.5 Å². The molecule has 0 unspecified atom stereocenters. The second kappa shape index (κ2) is 13.0. The molecule has 0 aliphatic carbocycles. The molecular formula is C33H40N5O7P. The van der Waals surface area contributed by atoms with Crippen LogP contribution in [-0.2, 0) is 35.7 Å². The Bertz CT molecular complexity index is 1940. The molecule has 0 saturated heterocycles. The number of aromatic nitrogens is 3. The Labute approximate surface area is 267 Å². The smallest absolute Gasteiger partial charge is 0.459 e. The fourth-order valence-electron chi connectivity index (χ4n) is 5.06. The molecule has 5 rings (SSSR count). The summed E-state index contributed by atoms with van der Waals surface area (Å²) in [5.41, 5.74) is 5.16. The Balaban J connectivity index is 1.53. The summed E-state index contributed by atoms with van der Waals surface area (Å²) in [7, 11) is -4.36. The summed E-state index contributed by atoms with van der Waals surface area (Å²) in [6.45, 7) is 9.94. The highest BCUT2D eigenvalue weighted by molar-refractivity contribution is 7.52. The van der Waals surface area contributed by atoms with Gasteiger partial charge in [0.1, 0.15) is 41.9 Å². The average molecular weight is 650 g/mol. The number of anilines is 1. The zero-order valence-electron chi connectivity index (χ0n) is 26.8. The van der Waals surface area contributed by atoms with Gasteiger partial charge in [-0.05, 0) is 70.5 Å². The van der Waals surface area contributed by atoms with Crippen LogP contribution in [0.15, 0.2) is 66.7 Å². The number of pyridine rings is 1. The van der Waals surface area contributed by atoms with Crippen molar-refractivity contribution < 1.29 is 33.0 Å². The van der Waals surface area contributed by atoms with E-state index in [0.717, 1.165) is 10.8 Å². The van der Waals surface area contributed by atoms with Gasteiger partial charge in [-0.2, -0.15) is 5.09 Å². The number of carbonyl (C=O) groups excluding carboxylic acids is 1. The Morgan fingerprint density at radius 3 is 2.46 bits per heavy atom. The number of ether oxygens (including phenoxy) is 2. The number of nitrogens with one attached hydrogen (secondary N) is 1. The van der Waals surface area contributed by atoms with Crippen LogP contribution in [0.4, 0.5) is 5.82 Å². The molecule has 3 atom stereocenters. The number of benzene rings is 3. The number of esters is 1. The third kappa shape index (κ3) is 7.32. The molecule has 0 bridgehead atoms. The van der Waals surface area contributed by atoms with E-state index in [1.54, 1.807) is 37.5 Å². The van der Waals surface area contributed by atoms with Gasteiger partial charge in [0, 0.05) is 12.0 Å². The molecule has 0 fully saturated rings. The summed E-state index contributed by atoms with van der Waals surface area (Å²) in [4.78, 5) is 22.0. The summed E-state index contributed by atoms with van der Waals surface area (Å²) in [6, 6.07) is 19.1. The molecule has 244 valence electrons. The molecule has 2 aromatic heterocycles.